The molecule has 0 aliphatic heterocycles. The smallest absolute Gasteiger partial charge is 0.237 e. The third kappa shape index (κ3) is 4.28. The van der Waals surface area contributed by atoms with Gasteiger partial charge in [-0.25, -0.2) is 4.98 Å². The van der Waals surface area contributed by atoms with E-state index in [4.69, 9.17) is 5.26 Å². The summed E-state index contributed by atoms with van der Waals surface area (Å²) < 4.78 is 4.99. The number of nitrogens with zero attached hydrogens (tertiary/aromatic N) is 3. The van der Waals surface area contributed by atoms with E-state index >= 15 is 0 Å². The molecule has 1 heterocycles. The van der Waals surface area contributed by atoms with Gasteiger partial charge in [-0.3, -0.25) is 4.79 Å². The van der Waals surface area contributed by atoms with Gasteiger partial charge < -0.3 is 5.32 Å². The Labute approximate surface area is 131 Å². The highest BCUT2D eigenvalue weighted by Gasteiger charge is 2.17. The second-order valence-electron chi connectivity index (χ2n) is 4.27. The fourth-order valence-electron chi connectivity index (χ4n) is 1.54. The molecule has 108 valence electrons. The summed E-state index contributed by atoms with van der Waals surface area (Å²) in [6.07, 6.45) is 0.790. The van der Waals surface area contributed by atoms with Crippen molar-refractivity contribution in [3.63, 3.8) is 0 Å². The van der Waals surface area contributed by atoms with Gasteiger partial charge in [-0.05, 0) is 36.7 Å². The van der Waals surface area contributed by atoms with Crippen LogP contribution < -0.4 is 5.32 Å². The van der Waals surface area contributed by atoms with Gasteiger partial charge in [-0.15, -0.1) is 0 Å². The average Bonchev–Trinajstić information content (AvgIpc) is 2.95. The van der Waals surface area contributed by atoms with Crippen molar-refractivity contribution in [2.75, 3.05) is 5.32 Å². The minimum atomic E-state index is -0.284. The summed E-state index contributed by atoms with van der Waals surface area (Å²) in [5.74, 6) is 0.681. The first kappa shape index (κ1) is 15.5. The summed E-state index contributed by atoms with van der Waals surface area (Å²) in [6.45, 7) is 3.82. The number of benzene rings is 1. The molecule has 0 fully saturated rings. The molecule has 0 spiro atoms. The topological polar surface area (TPSA) is 78.7 Å². The molecule has 0 radical (unpaired) electrons. The van der Waals surface area contributed by atoms with E-state index in [0.717, 1.165) is 16.6 Å². The molecule has 0 aliphatic carbocycles. The second-order valence-corrected chi connectivity index (χ2v) is 6.61. The quantitative estimate of drug-likeness (QED) is 0.857. The molecule has 1 aromatic heterocycles. The van der Waals surface area contributed by atoms with Crippen LogP contribution in [0.3, 0.4) is 0 Å². The lowest BCUT2D eigenvalue weighted by Gasteiger charge is -2.10. The van der Waals surface area contributed by atoms with Crippen LogP contribution in [0.25, 0.3) is 0 Å². The van der Waals surface area contributed by atoms with E-state index in [1.54, 1.807) is 24.3 Å². The fraction of sp³-hybridized carbons (Fsp3) is 0.286. The zero-order chi connectivity index (χ0) is 15.2. The Morgan fingerprint density at radius 2 is 2.38 bits per heavy atom. The average molecular weight is 318 g/mol. The summed E-state index contributed by atoms with van der Waals surface area (Å²) in [7, 11) is 0. The standard InChI is InChI=1S/C14H14N4OS2/c1-3-12-17-14(21-18-12)20-9(2)13(19)16-11-6-4-5-10(7-11)8-15/h4-7,9H,3H2,1-2H3,(H,16,19). The maximum absolute atomic E-state index is 12.1. The largest absolute Gasteiger partial charge is 0.325 e. The highest BCUT2D eigenvalue weighted by Crippen LogP contribution is 2.26. The first-order valence-electron chi connectivity index (χ1n) is 6.42. The number of nitriles is 1. The molecular weight excluding hydrogens is 304 g/mol. The van der Waals surface area contributed by atoms with Crippen molar-refractivity contribution in [3.8, 4) is 6.07 Å². The number of rotatable bonds is 5. The molecule has 2 aromatic rings. The third-order valence-corrected chi connectivity index (χ3v) is 4.59. The van der Waals surface area contributed by atoms with Gasteiger partial charge >= 0.3 is 0 Å². The Kier molecular flexibility index (Phi) is 5.31. The van der Waals surface area contributed by atoms with Crippen molar-refractivity contribution in [1.29, 1.82) is 5.26 Å². The maximum atomic E-state index is 12.1. The molecule has 1 atom stereocenters. The van der Waals surface area contributed by atoms with Gasteiger partial charge in [0.2, 0.25) is 5.91 Å². The molecule has 1 aromatic carbocycles. The monoisotopic (exact) mass is 318 g/mol. The molecule has 1 unspecified atom stereocenters. The number of thioether (sulfide) groups is 1. The number of hydrogen-bond donors (Lipinski definition) is 1. The highest BCUT2D eigenvalue weighted by molar-refractivity contribution is 8.02. The van der Waals surface area contributed by atoms with E-state index in [1.165, 1.54) is 23.3 Å². The van der Waals surface area contributed by atoms with E-state index in [0.29, 0.717) is 11.3 Å². The minimum Gasteiger partial charge on any atom is -0.325 e. The van der Waals surface area contributed by atoms with Crippen molar-refractivity contribution >= 4 is 34.9 Å². The number of anilines is 1. The van der Waals surface area contributed by atoms with Crippen LogP contribution in [-0.2, 0) is 11.2 Å². The molecule has 2 rings (SSSR count). The van der Waals surface area contributed by atoms with Crippen LogP contribution in [0.4, 0.5) is 5.69 Å². The number of amides is 1. The maximum Gasteiger partial charge on any atom is 0.237 e. The number of aromatic nitrogens is 2. The fourth-order valence-corrected chi connectivity index (χ4v) is 3.39. The summed E-state index contributed by atoms with van der Waals surface area (Å²) >= 11 is 2.70. The Bertz CT molecular complexity index is 678. The summed E-state index contributed by atoms with van der Waals surface area (Å²) in [5, 5.41) is 11.4. The van der Waals surface area contributed by atoms with Crippen LogP contribution in [0.5, 0.6) is 0 Å². The van der Waals surface area contributed by atoms with E-state index < -0.39 is 0 Å². The van der Waals surface area contributed by atoms with E-state index in [9.17, 15) is 4.79 Å². The number of aryl methyl sites for hydroxylation is 1. The van der Waals surface area contributed by atoms with Gasteiger partial charge in [-0.1, -0.05) is 24.8 Å². The van der Waals surface area contributed by atoms with Gasteiger partial charge in [0.1, 0.15) is 5.82 Å². The highest BCUT2D eigenvalue weighted by atomic mass is 32.2. The van der Waals surface area contributed by atoms with Gasteiger partial charge in [-0.2, -0.15) is 9.64 Å². The van der Waals surface area contributed by atoms with Crippen LogP contribution in [0.2, 0.25) is 0 Å². The number of carbonyl (C=O) groups excluding carboxylic acids is 1. The van der Waals surface area contributed by atoms with Gasteiger partial charge in [0, 0.05) is 12.1 Å². The van der Waals surface area contributed by atoms with Gasteiger partial charge in [0.15, 0.2) is 4.34 Å². The first-order valence-corrected chi connectivity index (χ1v) is 8.08. The lowest BCUT2D eigenvalue weighted by Crippen LogP contribution is -2.22. The second kappa shape index (κ2) is 7.20. The van der Waals surface area contributed by atoms with Crippen molar-refractivity contribution in [2.45, 2.75) is 29.9 Å². The van der Waals surface area contributed by atoms with Crippen molar-refractivity contribution in [3.05, 3.63) is 35.7 Å². The molecule has 0 bridgehead atoms. The van der Waals surface area contributed by atoms with Crippen LogP contribution in [0, 0.1) is 11.3 Å². The van der Waals surface area contributed by atoms with E-state index in [1.807, 2.05) is 19.9 Å². The number of hydrogen-bond acceptors (Lipinski definition) is 6. The molecule has 1 amide bonds. The SMILES string of the molecule is CCc1nsc(SC(C)C(=O)Nc2cccc(C#N)c2)n1. The predicted molar refractivity (Wildman–Crippen MR) is 84.4 cm³/mol. The van der Waals surface area contributed by atoms with Crippen LogP contribution >= 0.6 is 23.3 Å². The minimum absolute atomic E-state index is 0.122. The third-order valence-electron chi connectivity index (χ3n) is 2.67. The first-order chi connectivity index (χ1) is 10.1. The van der Waals surface area contributed by atoms with E-state index in [2.05, 4.69) is 14.7 Å². The molecule has 0 aliphatic rings. The van der Waals surface area contributed by atoms with E-state index in [-0.39, 0.29) is 11.2 Å². The summed E-state index contributed by atoms with van der Waals surface area (Å²) in [4.78, 5) is 16.5. The molecule has 7 heteroatoms. The van der Waals surface area contributed by atoms with Gasteiger partial charge in [0.05, 0.1) is 16.9 Å². The molecule has 1 N–H and O–H groups in total. The normalized spacial score (nSPS) is 11.7. The van der Waals surface area contributed by atoms with Crippen molar-refractivity contribution < 1.29 is 4.79 Å². The predicted octanol–water partition coefficient (Wildman–Crippen LogP) is 3.09. The molecule has 0 saturated heterocycles. The van der Waals surface area contributed by atoms with Crippen molar-refractivity contribution in [1.82, 2.24) is 9.36 Å². The zero-order valence-corrected chi connectivity index (χ0v) is 13.3. The summed E-state index contributed by atoms with van der Waals surface area (Å²) in [5.41, 5.74) is 1.14. The Hall–Kier alpha value is -1.91. The molecule has 5 nitrogen and oxygen atoms in total. The number of carbonyl (C=O) groups is 1. The molecule has 21 heavy (non-hydrogen) atoms. The zero-order valence-electron chi connectivity index (χ0n) is 11.7. The lowest BCUT2D eigenvalue weighted by molar-refractivity contribution is -0.115. The van der Waals surface area contributed by atoms with Crippen molar-refractivity contribution in [2.24, 2.45) is 0 Å². The molecular formula is C14H14N4OS2. The van der Waals surface area contributed by atoms with Crippen LogP contribution in [0.1, 0.15) is 25.2 Å². The van der Waals surface area contributed by atoms with Gasteiger partial charge in [0.25, 0.3) is 0 Å². The number of nitrogens with one attached hydrogen (secondary N) is 1. The Balaban J connectivity index is 1.97. The van der Waals surface area contributed by atoms with Crippen LogP contribution in [0.15, 0.2) is 28.6 Å². The molecule has 0 saturated carbocycles. The lowest BCUT2D eigenvalue weighted by atomic mass is 10.2. The summed E-state index contributed by atoms with van der Waals surface area (Å²) in [6, 6.07) is 8.89. The Morgan fingerprint density at radius 3 is 3.05 bits per heavy atom. The van der Waals surface area contributed by atoms with Crippen LogP contribution in [-0.4, -0.2) is 20.5 Å². The Morgan fingerprint density at radius 1 is 1.57 bits per heavy atom.